The predicted molar refractivity (Wildman–Crippen MR) is 92.2 cm³/mol. The molecule has 2 aromatic carbocycles. The Balaban J connectivity index is 1.82. The highest BCUT2D eigenvalue weighted by Gasteiger charge is 2.12. The van der Waals surface area contributed by atoms with Crippen molar-refractivity contribution in [3.05, 3.63) is 64.8 Å². The van der Waals surface area contributed by atoms with Gasteiger partial charge in [0.1, 0.15) is 18.1 Å². The summed E-state index contributed by atoms with van der Waals surface area (Å²) in [6.07, 6.45) is 1.54. The average molecular weight is 341 g/mol. The molecule has 0 unspecified atom stereocenters. The molecule has 6 nitrogen and oxygen atoms in total. The molecule has 0 saturated heterocycles. The zero-order chi connectivity index (χ0) is 17.8. The number of nitrogens with zero attached hydrogens (tertiary/aromatic N) is 2. The summed E-state index contributed by atoms with van der Waals surface area (Å²) in [5.41, 5.74) is -0.0144. The van der Waals surface area contributed by atoms with Crippen molar-refractivity contribution in [1.82, 2.24) is 9.78 Å². The van der Waals surface area contributed by atoms with Gasteiger partial charge in [0.2, 0.25) is 5.91 Å². The van der Waals surface area contributed by atoms with Crippen LogP contribution in [0.1, 0.15) is 6.92 Å². The van der Waals surface area contributed by atoms with Crippen molar-refractivity contribution in [2.45, 2.75) is 13.5 Å². The normalized spacial score (nSPS) is 10.6. The molecular formula is C18H16FN3O3. The maximum atomic E-state index is 13.3. The molecule has 0 bridgehead atoms. The summed E-state index contributed by atoms with van der Waals surface area (Å²) in [7, 11) is 0. The fourth-order valence-corrected chi connectivity index (χ4v) is 2.44. The van der Waals surface area contributed by atoms with Gasteiger partial charge in [0, 0.05) is 11.5 Å². The lowest BCUT2D eigenvalue weighted by Crippen LogP contribution is -2.29. The van der Waals surface area contributed by atoms with Gasteiger partial charge in [0.05, 0.1) is 23.9 Å². The van der Waals surface area contributed by atoms with Gasteiger partial charge in [-0.05, 0) is 25.1 Å². The topological polar surface area (TPSA) is 73.2 Å². The van der Waals surface area contributed by atoms with Gasteiger partial charge in [-0.1, -0.05) is 18.2 Å². The summed E-state index contributed by atoms with van der Waals surface area (Å²) in [6.45, 7) is 1.83. The molecule has 1 amide bonds. The second kappa shape index (κ2) is 7.12. The number of hydrogen-bond acceptors (Lipinski definition) is 4. The zero-order valence-corrected chi connectivity index (χ0v) is 13.5. The largest absolute Gasteiger partial charge is 0.492 e. The molecule has 0 aliphatic heterocycles. The van der Waals surface area contributed by atoms with Gasteiger partial charge in [-0.2, -0.15) is 5.10 Å². The first-order valence-electron chi connectivity index (χ1n) is 7.75. The van der Waals surface area contributed by atoms with E-state index in [0.717, 1.165) is 4.68 Å². The molecule has 0 atom stereocenters. The molecule has 0 aliphatic rings. The van der Waals surface area contributed by atoms with E-state index in [1.54, 1.807) is 25.1 Å². The van der Waals surface area contributed by atoms with Crippen LogP contribution in [0.25, 0.3) is 10.8 Å². The maximum Gasteiger partial charge on any atom is 0.275 e. The third kappa shape index (κ3) is 3.65. The van der Waals surface area contributed by atoms with Crippen molar-refractivity contribution in [2.24, 2.45) is 0 Å². The number of benzene rings is 2. The summed E-state index contributed by atoms with van der Waals surface area (Å²) >= 11 is 0. The van der Waals surface area contributed by atoms with E-state index >= 15 is 0 Å². The van der Waals surface area contributed by atoms with Gasteiger partial charge in [-0.25, -0.2) is 9.07 Å². The van der Waals surface area contributed by atoms with Crippen molar-refractivity contribution >= 4 is 22.4 Å². The minimum Gasteiger partial charge on any atom is -0.492 e. The summed E-state index contributed by atoms with van der Waals surface area (Å²) in [6, 6.07) is 10.8. The van der Waals surface area contributed by atoms with Gasteiger partial charge in [0.15, 0.2) is 0 Å². The standard InChI is InChI=1S/C18H16FN3O3/c1-2-25-16-9-13(19)7-8-15(16)21-17(23)11-22-18(24)14-6-4-3-5-12(14)10-20-22/h3-10H,2,11H2,1H3,(H,21,23). The third-order valence-electron chi connectivity index (χ3n) is 3.57. The van der Waals surface area contributed by atoms with Crippen molar-refractivity contribution in [3.63, 3.8) is 0 Å². The Morgan fingerprint density at radius 2 is 2.08 bits per heavy atom. The Labute approximate surface area is 142 Å². The Kier molecular flexibility index (Phi) is 4.74. The zero-order valence-electron chi connectivity index (χ0n) is 13.5. The van der Waals surface area contributed by atoms with Crippen LogP contribution in [0, 0.1) is 5.82 Å². The summed E-state index contributed by atoms with van der Waals surface area (Å²) in [5, 5.41) is 7.83. The second-order valence-electron chi connectivity index (χ2n) is 5.32. The molecule has 3 aromatic rings. The first kappa shape index (κ1) is 16.6. The van der Waals surface area contributed by atoms with Crippen LogP contribution in [0.15, 0.2) is 53.5 Å². The van der Waals surface area contributed by atoms with E-state index in [0.29, 0.717) is 23.1 Å². The lowest BCUT2D eigenvalue weighted by Gasteiger charge is -2.12. The highest BCUT2D eigenvalue weighted by molar-refractivity contribution is 5.92. The fourth-order valence-electron chi connectivity index (χ4n) is 2.44. The number of anilines is 1. The van der Waals surface area contributed by atoms with E-state index in [1.807, 2.05) is 6.07 Å². The highest BCUT2D eigenvalue weighted by Crippen LogP contribution is 2.25. The quantitative estimate of drug-likeness (QED) is 0.774. The molecule has 0 fully saturated rings. The first-order chi connectivity index (χ1) is 12.1. The molecule has 0 aliphatic carbocycles. The number of hydrogen-bond donors (Lipinski definition) is 1. The van der Waals surface area contributed by atoms with Crippen LogP contribution in [-0.4, -0.2) is 22.3 Å². The number of nitrogens with one attached hydrogen (secondary N) is 1. The Morgan fingerprint density at radius 3 is 2.88 bits per heavy atom. The third-order valence-corrected chi connectivity index (χ3v) is 3.57. The monoisotopic (exact) mass is 341 g/mol. The number of carbonyl (C=O) groups excluding carboxylic acids is 1. The first-order valence-corrected chi connectivity index (χ1v) is 7.75. The van der Waals surface area contributed by atoms with Crippen LogP contribution < -0.4 is 15.6 Å². The molecule has 1 aromatic heterocycles. The van der Waals surface area contributed by atoms with E-state index in [1.165, 1.54) is 24.4 Å². The van der Waals surface area contributed by atoms with E-state index < -0.39 is 11.7 Å². The van der Waals surface area contributed by atoms with Crippen LogP contribution in [-0.2, 0) is 11.3 Å². The van der Waals surface area contributed by atoms with Crippen molar-refractivity contribution < 1.29 is 13.9 Å². The van der Waals surface area contributed by atoms with Crippen LogP contribution in [0.5, 0.6) is 5.75 Å². The molecule has 0 spiro atoms. The Hall–Kier alpha value is -3.22. The molecular weight excluding hydrogens is 325 g/mol. The lowest BCUT2D eigenvalue weighted by atomic mass is 10.2. The van der Waals surface area contributed by atoms with Crippen LogP contribution in [0.2, 0.25) is 0 Å². The van der Waals surface area contributed by atoms with E-state index in [9.17, 15) is 14.0 Å². The predicted octanol–water partition coefficient (Wildman–Crippen LogP) is 2.57. The lowest BCUT2D eigenvalue weighted by molar-refractivity contribution is -0.117. The fraction of sp³-hybridized carbons (Fsp3) is 0.167. The smallest absolute Gasteiger partial charge is 0.275 e. The molecule has 1 N–H and O–H groups in total. The van der Waals surface area contributed by atoms with E-state index in [4.69, 9.17) is 4.74 Å². The van der Waals surface area contributed by atoms with Gasteiger partial charge in [0.25, 0.3) is 5.56 Å². The minimum atomic E-state index is -0.464. The number of ether oxygens (including phenoxy) is 1. The molecule has 0 radical (unpaired) electrons. The molecule has 128 valence electrons. The molecule has 3 rings (SSSR count). The summed E-state index contributed by atoms with van der Waals surface area (Å²) < 4.78 is 19.7. The number of rotatable bonds is 5. The van der Waals surface area contributed by atoms with Crippen LogP contribution in [0.4, 0.5) is 10.1 Å². The number of fused-ring (bicyclic) bond motifs is 1. The highest BCUT2D eigenvalue weighted by atomic mass is 19.1. The van der Waals surface area contributed by atoms with Crippen molar-refractivity contribution in [1.29, 1.82) is 0 Å². The molecule has 1 heterocycles. The molecule has 7 heteroatoms. The second-order valence-corrected chi connectivity index (χ2v) is 5.32. The van der Waals surface area contributed by atoms with E-state index in [-0.39, 0.29) is 17.9 Å². The Bertz CT molecular complexity index is 985. The number of amides is 1. The Morgan fingerprint density at radius 1 is 1.28 bits per heavy atom. The van der Waals surface area contributed by atoms with Crippen molar-refractivity contribution in [3.8, 4) is 5.75 Å². The number of halogens is 1. The average Bonchev–Trinajstić information content (AvgIpc) is 2.60. The van der Waals surface area contributed by atoms with Gasteiger partial charge >= 0.3 is 0 Å². The van der Waals surface area contributed by atoms with Crippen LogP contribution in [0.3, 0.4) is 0 Å². The summed E-state index contributed by atoms with van der Waals surface area (Å²) in [4.78, 5) is 24.6. The molecule has 0 saturated carbocycles. The van der Waals surface area contributed by atoms with E-state index in [2.05, 4.69) is 10.4 Å². The SMILES string of the molecule is CCOc1cc(F)ccc1NC(=O)Cn1ncc2ccccc2c1=O. The maximum absolute atomic E-state index is 13.3. The van der Waals surface area contributed by atoms with Gasteiger partial charge in [-0.3, -0.25) is 9.59 Å². The number of aromatic nitrogens is 2. The van der Waals surface area contributed by atoms with Gasteiger partial charge in [-0.15, -0.1) is 0 Å². The summed E-state index contributed by atoms with van der Waals surface area (Å²) in [5.74, 6) is -0.694. The van der Waals surface area contributed by atoms with Crippen LogP contribution >= 0.6 is 0 Å². The van der Waals surface area contributed by atoms with Gasteiger partial charge < -0.3 is 10.1 Å². The number of carbonyl (C=O) groups is 1. The molecule has 25 heavy (non-hydrogen) atoms. The minimum absolute atomic E-state index is 0.231. The van der Waals surface area contributed by atoms with Crippen molar-refractivity contribution in [2.75, 3.05) is 11.9 Å².